The molecule has 1 aromatic heterocycles. The SMILES string of the molecule is CCCNC(Cc1ccco1)c1cccc(Cl)c1F. The number of benzene rings is 1. The third-order valence-corrected chi connectivity index (χ3v) is 3.27. The van der Waals surface area contributed by atoms with Crippen LogP contribution in [-0.4, -0.2) is 6.54 Å². The van der Waals surface area contributed by atoms with E-state index >= 15 is 0 Å². The molecule has 0 aliphatic rings. The van der Waals surface area contributed by atoms with Crippen molar-refractivity contribution in [1.29, 1.82) is 0 Å². The van der Waals surface area contributed by atoms with Crippen molar-refractivity contribution in [1.82, 2.24) is 5.32 Å². The van der Waals surface area contributed by atoms with Gasteiger partial charge in [0.2, 0.25) is 0 Å². The van der Waals surface area contributed by atoms with Crippen molar-refractivity contribution >= 4 is 11.6 Å². The zero-order valence-corrected chi connectivity index (χ0v) is 11.6. The Morgan fingerprint density at radius 1 is 1.32 bits per heavy atom. The van der Waals surface area contributed by atoms with Crippen LogP contribution in [0.5, 0.6) is 0 Å². The summed E-state index contributed by atoms with van der Waals surface area (Å²) in [6.45, 7) is 2.89. The molecule has 2 aromatic rings. The lowest BCUT2D eigenvalue weighted by molar-refractivity contribution is 0.438. The fraction of sp³-hybridized carbons (Fsp3) is 0.333. The molecule has 0 aliphatic carbocycles. The fourth-order valence-corrected chi connectivity index (χ4v) is 2.21. The predicted molar refractivity (Wildman–Crippen MR) is 74.9 cm³/mol. The molecule has 1 unspecified atom stereocenters. The molecule has 0 radical (unpaired) electrons. The molecular formula is C15H17ClFNO. The van der Waals surface area contributed by atoms with Crippen molar-refractivity contribution in [3.8, 4) is 0 Å². The minimum Gasteiger partial charge on any atom is -0.469 e. The molecule has 1 atom stereocenters. The van der Waals surface area contributed by atoms with Crippen LogP contribution in [0.25, 0.3) is 0 Å². The predicted octanol–water partition coefficient (Wildman–Crippen LogP) is 4.36. The van der Waals surface area contributed by atoms with Crippen LogP contribution in [-0.2, 0) is 6.42 Å². The maximum Gasteiger partial charge on any atom is 0.146 e. The molecule has 1 N–H and O–H groups in total. The molecule has 0 bridgehead atoms. The first kappa shape index (κ1) is 14.1. The number of nitrogens with one attached hydrogen (secondary N) is 1. The van der Waals surface area contributed by atoms with Crippen LogP contribution in [0.15, 0.2) is 41.0 Å². The van der Waals surface area contributed by atoms with Crippen LogP contribution in [0.4, 0.5) is 4.39 Å². The largest absolute Gasteiger partial charge is 0.469 e. The van der Waals surface area contributed by atoms with E-state index in [-0.39, 0.29) is 16.9 Å². The lowest BCUT2D eigenvalue weighted by Gasteiger charge is -2.19. The second-order valence-corrected chi connectivity index (χ2v) is 4.84. The van der Waals surface area contributed by atoms with Crippen LogP contribution in [0.3, 0.4) is 0 Å². The van der Waals surface area contributed by atoms with Gasteiger partial charge in [-0.15, -0.1) is 0 Å². The van der Waals surface area contributed by atoms with Crippen LogP contribution in [0.2, 0.25) is 5.02 Å². The standard InChI is InChI=1S/C15H17ClFNO/c1-2-8-18-14(10-11-5-4-9-19-11)12-6-3-7-13(16)15(12)17/h3-7,9,14,18H,2,8,10H2,1H3. The van der Waals surface area contributed by atoms with E-state index in [0.717, 1.165) is 18.7 Å². The van der Waals surface area contributed by atoms with Gasteiger partial charge in [0, 0.05) is 18.0 Å². The molecule has 1 heterocycles. The third kappa shape index (κ3) is 3.58. The molecule has 4 heteroatoms. The van der Waals surface area contributed by atoms with Crippen molar-refractivity contribution in [3.63, 3.8) is 0 Å². The second kappa shape index (κ2) is 6.73. The van der Waals surface area contributed by atoms with E-state index < -0.39 is 0 Å². The highest BCUT2D eigenvalue weighted by molar-refractivity contribution is 6.30. The Morgan fingerprint density at radius 3 is 2.84 bits per heavy atom. The Labute approximate surface area is 117 Å². The highest BCUT2D eigenvalue weighted by atomic mass is 35.5. The second-order valence-electron chi connectivity index (χ2n) is 4.43. The van der Waals surface area contributed by atoms with Crippen LogP contribution in [0, 0.1) is 5.82 Å². The third-order valence-electron chi connectivity index (χ3n) is 2.98. The van der Waals surface area contributed by atoms with Gasteiger partial charge in [0.05, 0.1) is 11.3 Å². The first-order chi connectivity index (χ1) is 9.22. The summed E-state index contributed by atoms with van der Waals surface area (Å²) in [6, 6.07) is 8.68. The summed E-state index contributed by atoms with van der Waals surface area (Å²) in [5, 5.41) is 3.49. The van der Waals surface area contributed by atoms with Gasteiger partial charge >= 0.3 is 0 Å². The lowest BCUT2D eigenvalue weighted by Crippen LogP contribution is -2.25. The van der Waals surface area contributed by atoms with Gasteiger partial charge in [-0.2, -0.15) is 0 Å². The van der Waals surface area contributed by atoms with E-state index in [1.807, 2.05) is 12.1 Å². The van der Waals surface area contributed by atoms with E-state index in [2.05, 4.69) is 12.2 Å². The van der Waals surface area contributed by atoms with Gasteiger partial charge in [-0.05, 0) is 31.2 Å². The molecule has 19 heavy (non-hydrogen) atoms. The van der Waals surface area contributed by atoms with Crippen molar-refractivity contribution in [2.45, 2.75) is 25.8 Å². The summed E-state index contributed by atoms with van der Waals surface area (Å²) < 4.78 is 19.4. The van der Waals surface area contributed by atoms with Gasteiger partial charge in [0.15, 0.2) is 0 Å². The molecule has 2 rings (SSSR count). The topological polar surface area (TPSA) is 25.2 Å². The summed E-state index contributed by atoms with van der Waals surface area (Å²) in [4.78, 5) is 0. The number of furan rings is 1. The van der Waals surface area contributed by atoms with Crippen molar-refractivity contribution < 1.29 is 8.81 Å². The van der Waals surface area contributed by atoms with Crippen LogP contribution in [0.1, 0.15) is 30.7 Å². The molecular weight excluding hydrogens is 265 g/mol. The monoisotopic (exact) mass is 281 g/mol. The normalized spacial score (nSPS) is 12.6. The number of hydrogen-bond donors (Lipinski definition) is 1. The smallest absolute Gasteiger partial charge is 0.146 e. The first-order valence-electron chi connectivity index (χ1n) is 6.42. The molecule has 0 amide bonds. The van der Waals surface area contributed by atoms with Crippen LogP contribution >= 0.6 is 11.6 Å². The maximum absolute atomic E-state index is 14.1. The Morgan fingerprint density at radius 2 is 2.16 bits per heavy atom. The number of halogens is 2. The summed E-state index contributed by atoms with van der Waals surface area (Å²) in [7, 11) is 0. The molecule has 0 aliphatic heterocycles. The molecule has 0 saturated heterocycles. The van der Waals surface area contributed by atoms with Gasteiger partial charge in [-0.1, -0.05) is 30.7 Å². The summed E-state index contributed by atoms with van der Waals surface area (Å²) >= 11 is 5.85. The molecule has 0 fully saturated rings. The molecule has 102 valence electrons. The average molecular weight is 282 g/mol. The summed E-state index contributed by atoms with van der Waals surface area (Å²) in [5.74, 6) is 0.470. The van der Waals surface area contributed by atoms with Gasteiger partial charge < -0.3 is 9.73 Å². The Hall–Kier alpha value is -1.32. The zero-order valence-electron chi connectivity index (χ0n) is 10.8. The molecule has 2 nitrogen and oxygen atoms in total. The van der Waals surface area contributed by atoms with E-state index in [1.165, 1.54) is 0 Å². The number of hydrogen-bond acceptors (Lipinski definition) is 2. The van der Waals surface area contributed by atoms with Crippen molar-refractivity contribution in [3.05, 3.63) is 58.8 Å². The lowest BCUT2D eigenvalue weighted by atomic mass is 10.0. The van der Waals surface area contributed by atoms with Crippen molar-refractivity contribution in [2.24, 2.45) is 0 Å². The number of rotatable bonds is 6. The molecule has 0 saturated carbocycles. The van der Waals surface area contributed by atoms with Crippen molar-refractivity contribution in [2.75, 3.05) is 6.54 Å². The van der Waals surface area contributed by atoms with Gasteiger partial charge in [0.1, 0.15) is 11.6 Å². The zero-order chi connectivity index (χ0) is 13.7. The Balaban J connectivity index is 2.23. The highest BCUT2D eigenvalue weighted by Gasteiger charge is 2.18. The molecule has 1 aromatic carbocycles. The van der Waals surface area contributed by atoms with E-state index in [9.17, 15) is 4.39 Å². The van der Waals surface area contributed by atoms with E-state index in [0.29, 0.717) is 12.0 Å². The summed E-state index contributed by atoms with van der Waals surface area (Å²) in [6.07, 6.45) is 3.21. The van der Waals surface area contributed by atoms with E-state index in [4.69, 9.17) is 16.0 Å². The maximum atomic E-state index is 14.1. The van der Waals surface area contributed by atoms with Gasteiger partial charge in [-0.25, -0.2) is 4.39 Å². The first-order valence-corrected chi connectivity index (χ1v) is 6.79. The average Bonchev–Trinajstić information content (AvgIpc) is 2.91. The van der Waals surface area contributed by atoms with Gasteiger partial charge in [-0.3, -0.25) is 0 Å². The Bertz CT molecular complexity index is 513. The van der Waals surface area contributed by atoms with E-state index in [1.54, 1.807) is 24.5 Å². The highest BCUT2D eigenvalue weighted by Crippen LogP contribution is 2.26. The van der Waals surface area contributed by atoms with Gasteiger partial charge in [0.25, 0.3) is 0 Å². The van der Waals surface area contributed by atoms with Crippen LogP contribution < -0.4 is 5.32 Å². The Kier molecular flexibility index (Phi) is 5.00. The molecule has 0 spiro atoms. The minimum atomic E-state index is -0.357. The fourth-order valence-electron chi connectivity index (χ4n) is 2.03. The summed E-state index contributed by atoms with van der Waals surface area (Å²) in [5.41, 5.74) is 0.581. The minimum absolute atomic E-state index is 0.134. The quantitative estimate of drug-likeness (QED) is 0.851.